The average molecular weight is 445 g/mol. The zero-order valence-electron chi connectivity index (χ0n) is 11.4. The molecular weight excluding hydrogens is 429 g/mol. The normalized spacial score (nSPS) is 32.0. The summed E-state index contributed by atoms with van der Waals surface area (Å²) in [6, 6.07) is 0. The summed E-state index contributed by atoms with van der Waals surface area (Å²) in [4.78, 5) is 18.5. The van der Waals surface area contributed by atoms with Crippen molar-refractivity contribution >= 4 is 40.2 Å². The standard InChI is InChI=1S/C11H16IN3O6S/c1-22-11-14-8(4(12)9(20)15-11)13-10-7(19)6(18)5(17)3(2-16)21-10/h3,5-7,10,16-19H,2H2,1H3,(H2,13,14,15,20)/t3-,5+,6+,7+,10+/m0/s1. The highest BCUT2D eigenvalue weighted by molar-refractivity contribution is 14.1. The third-order valence-electron chi connectivity index (χ3n) is 3.21. The van der Waals surface area contributed by atoms with Gasteiger partial charge in [0.25, 0.3) is 5.56 Å². The van der Waals surface area contributed by atoms with E-state index in [1.165, 1.54) is 11.8 Å². The highest BCUT2D eigenvalue weighted by atomic mass is 127. The van der Waals surface area contributed by atoms with Crippen LogP contribution < -0.4 is 10.9 Å². The summed E-state index contributed by atoms with van der Waals surface area (Å²) in [5, 5.41) is 41.7. The second kappa shape index (κ2) is 7.42. The molecule has 0 unspecified atom stereocenters. The second-order valence-corrected chi connectivity index (χ2v) is 6.51. The lowest BCUT2D eigenvalue weighted by Crippen LogP contribution is -2.60. The van der Waals surface area contributed by atoms with Gasteiger partial charge in [0.05, 0.1) is 6.61 Å². The second-order valence-electron chi connectivity index (χ2n) is 4.63. The van der Waals surface area contributed by atoms with Gasteiger partial charge < -0.3 is 35.5 Å². The number of nitrogens with one attached hydrogen (secondary N) is 2. The van der Waals surface area contributed by atoms with Crippen LogP contribution in [-0.2, 0) is 4.74 Å². The van der Waals surface area contributed by atoms with Crippen LogP contribution in [0.5, 0.6) is 0 Å². The monoisotopic (exact) mass is 445 g/mol. The summed E-state index contributed by atoms with van der Waals surface area (Å²) in [7, 11) is 0. The molecule has 6 N–H and O–H groups in total. The van der Waals surface area contributed by atoms with E-state index in [1.54, 1.807) is 28.8 Å². The molecular formula is C11H16IN3O6S. The number of rotatable bonds is 4. The quantitative estimate of drug-likeness (QED) is 0.181. The van der Waals surface area contributed by atoms with Crippen LogP contribution in [0.1, 0.15) is 0 Å². The fourth-order valence-electron chi connectivity index (χ4n) is 1.99. The van der Waals surface area contributed by atoms with Gasteiger partial charge in [0.15, 0.2) is 11.4 Å². The Morgan fingerprint density at radius 3 is 2.64 bits per heavy atom. The zero-order chi connectivity index (χ0) is 16.4. The molecule has 22 heavy (non-hydrogen) atoms. The van der Waals surface area contributed by atoms with Crippen molar-refractivity contribution in [3.8, 4) is 0 Å². The molecule has 1 aliphatic heterocycles. The number of nitrogens with zero attached hydrogens (tertiary/aromatic N) is 1. The van der Waals surface area contributed by atoms with Crippen molar-refractivity contribution in [2.24, 2.45) is 0 Å². The van der Waals surface area contributed by atoms with E-state index in [0.717, 1.165) is 0 Å². The van der Waals surface area contributed by atoms with Crippen LogP contribution in [-0.4, -0.2) is 73.9 Å². The van der Waals surface area contributed by atoms with Gasteiger partial charge in [-0.05, 0) is 28.8 Å². The predicted octanol–water partition coefficient (Wildman–Crippen LogP) is -1.69. The Balaban J connectivity index is 2.26. The lowest BCUT2D eigenvalue weighted by atomic mass is 9.98. The molecule has 11 heteroatoms. The van der Waals surface area contributed by atoms with E-state index in [9.17, 15) is 20.1 Å². The Kier molecular flexibility index (Phi) is 6.04. The van der Waals surface area contributed by atoms with Crippen molar-refractivity contribution in [2.45, 2.75) is 35.8 Å². The largest absolute Gasteiger partial charge is 0.394 e. The molecule has 0 bridgehead atoms. The fraction of sp³-hybridized carbons (Fsp3) is 0.636. The van der Waals surface area contributed by atoms with Crippen LogP contribution in [0.3, 0.4) is 0 Å². The van der Waals surface area contributed by atoms with E-state index in [0.29, 0.717) is 5.16 Å². The van der Waals surface area contributed by atoms with Crippen LogP contribution in [0.25, 0.3) is 0 Å². The number of anilines is 1. The van der Waals surface area contributed by atoms with Gasteiger partial charge in [-0.3, -0.25) is 4.79 Å². The molecule has 1 aromatic rings. The van der Waals surface area contributed by atoms with E-state index in [2.05, 4.69) is 15.3 Å². The maximum absolute atomic E-state index is 11.8. The summed E-state index contributed by atoms with van der Waals surface area (Å²) < 4.78 is 5.58. The molecule has 2 rings (SSSR count). The van der Waals surface area contributed by atoms with E-state index >= 15 is 0 Å². The van der Waals surface area contributed by atoms with Crippen LogP contribution in [0.15, 0.2) is 9.95 Å². The number of aliphatic hydroxyl groups is 4. The Morgan fingerprint density at radius 2 is 2.05 bits per heavy atom. The molecule has 0 spiro atoms. The molecule has 0 aromatic carbocycles. The summed E-state index contributed by atoms with van der Waals surface area (Å²) in [6.45, 7) is -0.529. The Morgan fingerprint density at radius 1 is 1.36 bits per heavy atom. The first-order valence-corrected chi connectivity index (χ1v) is 8.60. The highest BCUT2D eigenvalue weighted by Crippen LogP contribution is 2.24. The van der Waals surface area contributed by atoms with Crippen molar-refractivity contribution in [3.63, 3.8) is 0 Å². The minimum atomic E-state index is -1.50. The molecule has 0 saturated carbocycles. The smallest absolute Gasteiger partial charge is 0.267 e. The first-order chi connectivity index (χ1) is 10.4. The van der Waals surface area contributed by atoms with Crippen LogP contribution >= 0.6 is 34.4 Å². The highest BCUT2D eigenvalue weighted by Gasteiger charge is 2.43. The summed E-state index contributed by atoms with van der Waals surface area (Å²) in [6.07, 6.45) is -4.81. The lowest BCUT2D eigenvalue weighted by molar-refractivity contribution is -0.221. The van der Waals surface area contributed by atoms with Gasteiger partial charge in [-0.1, -0.05) is 11.8 Å². The number of H-pyrrole nitrogens is 1. The molecule has 1 fully saturated rings. The van der Waals surface area contributed by atoms with E-state index in [4.69, 9.17) is 9.84 Å². The van der Waals surface area contributed by atoms with E-state index in [-0.39, 0.29) is 14.9 Å². The van der Waals surface area contributed by atoms with Crippen molar-refractivity contribution in [3.05, 3.63) is 13.9 Å². The molecule has 9 nitrogen and oxygen atoms in total. The minimum Gasteiger partial charge on any atom is -0.394 e. The lowest BCUT2D eigenvalue weighted by Gasteiger charge is -2.40. The van der Waals surface area contributed by atoms with Crippen molar-refractivity contribution in [2.75, 3.05) is 18.2 Å². The molecule has 124 valence electrons. The number of aromatic amines is 1. The Bertz CT molecular complexity index is 585. The summed E-state index contributed by atoms with van der Waals surface area (Å²) in [5.41, 5.74) is -0.355. The third kappa shape index (κ3) is 3.55. The van der Waals surface area contributed by atoms with Gasteiger partial charge in [0, 0.05) is 0 Å². The van der Waals surface area contributed by atoms with E-state index < -0.39 is 37.3 Å². The molecule has 2 heterocycles. The molecule has 1 aromatic heterocycles. The number of halogens is 1. The topological polar surface area (TPSA) is 148 Å². The minimum absolute atomic E-state index is 0.179. The maximum Gasteiger partial charge on any atom is 0.267 e. The van der Waals surface area contributed by atoms with Crippen LogP contribution in [0.2, 0.25) is 0 Å². The summed E-state index contributed by atoms with van der Waals surface area (Å²) >= 11 is 3.02. The summed E-state index contributed by atoms with van der Waals surface area (Å²) in [5.74, 6) is 0.179. The van der Waals surface area contributed by atoms with Crippen molar-refractivity contribution in [1.29, 1.82) is 0 Å². The first-order valence-electron chi connectivity index (χ1n) is 6.30. The zero-order valence-corrected chi connectivity index (χ0v) is 14.4. The van der Waals surface area contributed by atoms with Gasteiger partial charge in [-0.2, -0.15) is 0 Å². The number of aliphatic hydroxyl groups excluding tert-OH is 4. The third-order valence-corrected chi connectivity index (χ3v) is 4.79. The first kappa shape index (κ1) is 17.9. The van der Waals surface area contributed by atoms with Gasteiger partial charge in [0.2, 0.25) is 0 Å². The molecule has 1 saturated heterocycles. The van der Waals surface area contributed by atoms with Crippen LogP contribution in [0.4, 0.5) is 5.82 Å². The molecule has 1 aliphatic rings. The van der Waals surface area contributed by atoms with Crippen LogP contribution in [0, 0.1) is 3.57 Å². The predicted molar refractivity (Wildman–Crippen MR) is 86.7 cm³/mol. The van der Waals surface area contributed by atoms with Gasteiger partial charge in [-0.25, -0.2) is 4.98 Å². The number of hydrogen-bond acceptors (Lipinski definition) is 9. The SMILES string of the molecule is CSc1nc(N[C@@H]2O[C@@H](CO)[C@@H](O)[C@@H](O)[C@H]2O)c(I)c(=O)[nH]1. The Hall–Kier alpha value is -0.440. The van der Waals surface area contributed by atoms with Gasteiger partial charge >= 0.3 is 0 Å². The number of ether oxygens (including phenoxy) is 1. The number of hydrogen-bond donors (Lipinski definition) is 6. The molecule has 0 amide bonds. The van der Waals surface area contributed by atoms with Gasteiger partial charge in [-0.15, -0.1) is 0 Å². The molecule has 5 atom stereocenters. The van der Waals surface area contributed by atoms with Crippen molar-refractivity contribution in [1.82, 2.24) is 9.97 Å². The number of aromatic nitrogens is 2. The maximum atomic E-state index is 11.8. The molecule has 0 aliphatic carbocycles. The Labute approximate surface area is 143 Å². The molecule has 0 radical (unpaired) electrons. The van der Waals surface area contributed by atoms with E-state index in [1.807, 2.05) is 0 Å². The average Bonchev–Trinajstić information content (AvgIpc) is 2.51. The van der Waals surface area contributed by atoms with Gasteiger partial charge in [0.1, 0.15) is 33.8 Å². The van der Waals surface area contributed by atoms with Crippen molar-refractivity contribution < 1.29 is 25.2 Å². The fourth-order valence-corrected chi connectivity index (χ4v) is 2.77. The number of thioether (sulfide) groups is 1.